The molecule has 1 aromatic heterocycles. The lowest BCUT2D eigenvalue weighted by Gasteiger charge is -2.03. The quantitative estimate of drug-likeness (QED) is 0.692. The Morgan fingerprint density at radius 3 is 2.60 bits per heavy atom. The maximum absolute atomic E-state index is 8.91. The lowest BCUT2D eigenvalue weighted by molar-refractivity contribution is 0.863. The minimum atomic E-state index is 0.415. The zero-order valence-corrected chi connectivity index (χ0v) is 7.75. The van der Waals surface area contributed by atoms with Crippen molar-refractivity contribution in [1.82, 2.24) is 9.78 Å². The third kappa shape index (κ3) is 1.45. The van der Waals surface area contributed by atoms with Crippen LogP contribution in [0.15, 0.2) is 36.5 Å². The van der Waals surface area contributed by atoms with E-state index in [9.17, 15) is 0 Å². The predicted molar refractivity (Wildman–Crippen MR) is 53.0 cm³/mol. The Morgan fingerprint density at radius 1 is 1.07 bits per heavy atom. The number of hydrogen-bond acceptors (Lipinski definition) is 3. The molecule has 4 nitrogen and oxygen atoms in total. The van der Waals surface area contributed by atoms with Crippen LogP contribution in [0.5, 0.6) is 0 Å². The molecule has 0 amide bonds. The van der Waals surface area contributed by atoms with Gasteiger partial charge in [-0.25, -0.2) is 4.68 Å². The Morgan fingerprint density at radius 2 is 1.87 bits per heavy atom. The number of para-hydroxylation sites is 1. The van der Waals surface area contributed by atoms with E-state index in [4.69, 9.17) is 10.5 Å². The molecule has 0 unspecified atom stereocenters. The highest BCUT2D eigenvalue weighted by Crippen LogP contribution is 2.14. The lowest BCUT2D eigenvalue weighted by Crippen LogP contribution is -2.01. The highest BCUT2D eigenvalue weighted by Gasteiger charge is 2.07. The number of rotatable bonds is 1. The number of nitriles is 2. The Kier molecular flexibility index (Phi) is 2.19. The van der Waals surface area contributed by atoms with E-state index in [0.717, 1.165) is 0 Å². The second-order valence-corrected chi connectivity index (χ2v) is 2.87. The third-order valence-corrected chi connectivity index (χ3v) is 2.01. The van der Waals surface area contributed by atoms with Crippen LogP contribution >= 0.6 is 0 Å². The first-order valence-corrected chi connectivity index (χ1v) is 4.30. The van der Waals surface area contributed by atoms with Crippen LogP contribution in [0.25, 0.3) is 5.69 Å². The summed E-state index contributed by atoms with van der Waals surface area (Å²) < 4.78 is 1.46. The molecule has 0 atom stereocenters. The topological polar surface area (TPSA) is 65.4 Å². The molecule has 4 heteroatoms. The van der Waals surface area contributed by atoms with Gasteiger partial charge in [0.1, 0.15) is 17.8 Å². The van der Waals surface area contributed by atoms with E-state index < -0.39 is 0 Å². The SMILES string of the molecule is N#Cc1ccccc1-n1nccc1C#N. The van der Waals surface area contributed by atoms with E-state index in [2.05, 4.69) is 11.2 Å². The van der Waals surface area contributed by atoms with Crippen LogP contribution in [0.1, 0.15) is 11.3 Å². The third-order valence-electron chi connectivity index (χ3n) is 2.01. The van der Waals surface area contributed by atoms with Crippen molar-refractivity contribution >= 4 is 0 Å². The van der Waals surface area contributed by atoms with Crippen molar-refractivity contribution in [2.24, 2.45) is 0 Å². The van der Waals surface area contributed by atoms with E-state index in [1.807, 2.05) is 6.07 Å². The van der Waals surface area contributed by atoms with E-state index in [-0.39, 0.29) is 0 Å². The van der Waals surface area contributed by atoms with Gasteiger partial charge < -0.3 is 0 Å². The van der Waals surface area contributed by atoms with Crippen LogP contribution in [0.4, 0.5) is 0 Å². The van der Waals surface area contributed by atoms with Crippen LogP contribution in [0.2, 0.25) is 0 Å². The zero-order chi connectivity index (χ0) is 10.7. The Hall–Kier alpha value is -2.59. The van der Waals surface area contributed by atoms with E-state index in [0.29, 0.717) is 16.9 Å². The molecule has 2 aromatic rings. The molecule has 0 aliphatic heterocycles. The summed E-state index contributed by atoms with van der Waals surface area (Å²) >= 11 is 0. The normalized spacial score (nSPS) is 9.20. The number of benzene rings is 1. The lowest BCUT2D eigenvalue weighted by atomic mass is 10.2. The average molecular weight is 194 g/mol. The van der Waals surface area contributed by atoms with Gasteiger partial charge in [-0.15, -0.1) is 0 Å². The van der Waals surface area contributed by atoms with Crippen LogP contribution in [0.3, 0.4) is 0 Å². The maximum Gasteiger partial charge on any atom is 0.144 e. The minimum absolute atomic E-state index is 0.415. The van der Waals surface area contributed by atoms with Crippen LogP contribution < -0.4 is 0 Å². The standard InChI is InChI=1S/C11H6N4/c12-7-9-3-1-2-4-11(9)15-10(8-13)5-6-14-15/h1-6H. The molecule has 0 bridgehead atoms. The van der Waals surface area contributed by atoms with Gasteiger partial charge in [0.2, 0.25) is 0 Å². The summed E-state index contributed by atoms with van der Waals surface area (Å²) in [6.07, 6.45) is 1.53. The summed E-state index contributed by atoms with van der Waals surface area (Å²) in [4.78, 5) is 0. The smallest absolute Gasteiger partial charge is 0.144 e. The van der Waals surface area contributed by atoms with Crippen molar-refractivity contribution in [3.8, 4) is 17.8 Å². The van der Waals surface area contributed by atoms with Gasteiger partial charge in [0.25, 0.3) is 0 Å². The minimum Gasteiger partial charge on any atom is -0.222 e. The van der Waals surface area contributed by atoms with Gasteiger partial charge in [-0.1, -0.05) is 12.1 Å². The zero-order valence-electron chi connectivity index (χ0n) is 7.75. The fourth-order valence-corrected chi connectivity index (χ4v) is 1.33. The molecular formula is C11H6N4. The largest absolute Gasteiger partial charge is 0.222 e. The van der Waals surface area contributed by atoms with Crippen LogP contribution in [-0.2, 0) is 0 Å². The molecule has 0 aliphatic rings. The number of hydrogen-bond donors (Lipinski definition) is 0. The van der Waals surface area contributed by atoms with Gasteiger partial charge in [0, 0.05) is 0 Å². The maximum atomic E-state index is 8.91. The van der Waals surface area contributed by atoms with Crippen LogP contribution in [0, 0.1) is 22.7 Å². The van der Waals surface area contributed by atoms with Gasteiger partial charge in [-0.3, -0.25) is 0 Å². The summed E-state index contributed by atoms with van der Waals surface area (Å²) in [7, 11) is 0. The predicted octanol–water partition coefficient (Wildman–Crippen LogP) is 1.62. The van der Waals surface area contributed by atoms with Gasteiger partial charge in [0.15, 0.2) is 0 Å². The van der Waals surface area contributed by atoms with Crippen molar-refractivity contribution in [1.29, 1.82) is 10.5 Å². The Bertz CT molecular complexity index is 569. The fraction of sp³-hybridized carbons (Fsp3) is 0. The second-order valence-electron chi connectivity index (χ2n) is 2.87. The van der Waals surface area contributed by atoms with Crippen molar-refractivity contribution in [3.05, 3.63) is 47.8 Å². The summed E-state index contributed by atoms with van der Waals surface area (Å²) in [5.74, 6) is 0. The first kappa shape index (κ1) is 8.98. The molecule has 0 saturated heterocycles. The van der Waals surface area contributed by atoms with Crippen molar-refractivity contribution < 1.29 is 0 Å². The van der Waals surface area contributed by atoms with Crippen molar-refractivity contribution in [2.75, 3.05) is 0 Å². The summed E-state index contributed by atoms with van der Waals surface area (Å²) in [6, 6.07) is 12.7. The molecule has 0 fully saturated rings. The first-order valence-electron chi connectivity index (χ1n) is 4.30. The molecule has 0 aliphatic carbocycles. The van der Waals surface area contributed by atoms with E-state index >= 15 is 0 Å². The molecular weight excluding hydrogens is 188 g/mol. The van der Waals surface area contributed by atoms with Gasteiger partial charge in [-0.2, -0.15) is 15.6 Å². The van der Waals surface area contributed by atoms with E-state index in [1.54, 1.807) is 30.3 Å². The van der Waals surface area contributed by atoms with Crippen molar-refractivity contribution in [3.63, 3.8) is 0 Å². The molecule has 0 N–H and O–H groups in total. The fourth-order valence-electron chi connectivity index (χ4n) is 1.33. The Labute approximate surface area is 86.6 Å². The number of aromatic nitrogens is 2. The molecule has 15 heavy (non-hydrogen) atoms. The molecule has 1 heterocycles. The average Bonchev–Trinajstić information content (AvgIpc) is 2.76. The van der Waals surface area contributed by atoms with Gasteiger partial charge >= 0.3 is 0 Å². The van der Waals surface area contributed by atoms with Gasteiger partial charge in [-0.05, 0) is 18.2 Å². The summed E-state index contributed by atoms with van der Waals surface area (Å²) in [5.41, 5.74) is 1.54. The highest BCUT2D eigenvalue weighted by atomic mass is 15.3. The molecule has 0 spiro atoms. The first-order chi connectivity index (χ1) is 7.36. The highest BCUT2D eigenvalue weighted by molar-refractivity contribution is 5.49. The molecule has 0 saturated carbocycles. The number of nitrogens with zero attached hydrogens (tertiary/aromatic N) is 4. The summed E-state index contributed by atoms with van der Waals surface area (Å²) in [6.45, 7) is 0. The summed E-state index contributed by atoms with van der Waals surface area (Å²) in [5, 5.41) is 21.8. The van der Waals surface area contributed by atoms with E-state index in [1.165, 1.54) is 10.9 Å². The molecule has 1 aromatic carbocycles. The van der Waals surface area contributed by atoms with Crippen LogP contribution in [-0.4, -0.2) is 9.78 Å². The van der Waals surface area contributed by atoms with Crippen molar-refractivity contribution in [2.45, 2.75) is 0 Å². The van der Waals surface area contributed by atoms with Gasteiger partial charge in [0.05, 0.1) is 17.4 Å². The molecule has 2 rings (SSSR count). The molecule has 70 valence electrons. The molecule has 0 radical (unpaired) electrons. The monoisotopic (exact) mass is 194 g/mol. The second kappa shape index (κ2) is 3.65. The Balaban J connectivity index is 2.66.